The van der Waals surface area contributed by atoms with Gasteiger partial charge in [0.25, 0.3) is 0 Å². The van der Waals surface area contributed by atoms with Crippen LogP contribution in [0.4, 0.5) is 5.69 Å². The van der Waals surface area contributed by atoms with Gasteiger partial charge in [0.1, 0.15) is 0 Å². The molecule has 0 bridgehead atoms. The van der Waals surface area contributed by atoms with Crippen LogP contribution >= 0.6 is 0 Å². The number of carbonyl (C=O) groups is 1. The number of nitrogens with one attached hydrogen (secondary N) is 1. The highest BCUT2D eigenvalue weighted by molar-refractivity contribution is 5.92. The molecule has 1 aliphatic rings. The number of amides is 1. The molecule has 0 radical (unpaired) electrons. The van der Waals surface area contributed by atoms with Gasteiger partial charge >= 0.3 is 0 Å². The van der Waals surface area contributed by atoms with E-state index >= 15 is 0 Å². The van der Waals surface area contributed by atoms with Crippen molar-refractivity contribution in [3.05, 3.63) is 29.8 Å². The summed E-state index contributed by atoms with van der Waals surface area (Å²) in [5.74, 6) is 0.593. The van der Waals surface area contributed by atoms with Crippen molar-refractivity contribution in [2.75, 3.05) is 11.9 Å². The number of anilines is 1. The maximum absolute atomic E-state index is 12.2. The highest BCUT2D eigenvalue weighted by Gasteiger charge is 2.31. The molecule has 0 spiro atoms. The molecule has 0 aliphatic heterocycles. The Balaban J connectivity index is 1.94. The average molecular weight is 260 g/mol. The molecule has 1 aromatic carbocycles. The summed E-state index contributed by atoms with van der Waals surface area (Å²) in [5.41, 5.74) is 7.94. The summed E-state index contributed by atoms with van der Waals surface area (Å²) >= 11 is 0. The van der Waals surface area contributed by atoms with Gasteiger partial charge in [0.2, 0.25) is 5.91 Å². The van der Waals surface area contributed by atoms with E-state index in [0.717, 1.165) is 37.8 Å². The van der Waals surface area contributed by atoms with Crippen LogP contribution in [0.2, 0.25) is 0 Å². The minimum Gasteiger partial charge on any atom is -0.330 e. The zero-order valence-corrected chi connectivity index (χ0v) is 11.7. The molecule has 2 atom stereocenters. The SMILES string of the molecule is CCCc1ccc(NC(=O)C2CCCC2CN)cc1. The lowest BCUT2D eigenvalue weighted by molar-refractivity contribution is -0.120. The maximum Gasteiger partial charge on any atom is 0.227 e. The molecule has 0 heterocycles. The van der Waals surface area contributed by atoms with E-state index in [1.54, 1.807) is 0 Å². The Hall–Kier alpha value is -1.35. The number of aryl methyl sites for hydroxylation is 1. The van der Waals surface area contributed by atoms with Gasteiger partial charge in [-0.15, -0.1) is 0 Å². The van der Waals surface area contributed by atoms with E-state index in [2.05, 4.69) is 24.4 Å². The Morgan fingerprint density at radius 1 is 1.32 bits per heavy atom. The largest absolute Gasteiger partial charge is 0.330 e. The standard InChI is InChI=1S/C16H24N2O/c1-2-4-12-7-9-14(10-8-12)18-16(19)15-6-3-5-13(15)11-17/h7-10,13,15H,2-6,11,17H2,1H3,(H,18,19). The highest BCUT2D eigenvalue weighted by Crippen LogP contribution is 2.31. The lowest BCUT2D eigenvalue weighted by Crippen LogP contribution is -2.29. The summed E-state index contributed by atoms with van der Waals surface area (Å²) in [7, 11) is 0. The number of carbonyl (C=O) groups excluding carboxylic acids is 1. The van der Waals surface area contributed by atoms with Crippen molar-refractivity contribution in [2.24, 2.45) is 17.6 Å². The summed E-state index contributed by atoms with van der Waals surface area (Å²) in [4.78, 5) is 12.2. The molecule has 0 aromatic heterocycles. The summed E-state index contributed by atoms with van der Waals surface area (Å²) in [6, 6.07) is 8.17. The van der Waals surface area contributed by atoms with Gasteiger partial charge in [-0.2, -0.15) is 0 Å². The number of hydrogen-bond acceptors (Lipinski definition) is 2. The molecular weight excluding hydrogens is 236 g/mol. The highest BCUT2D eigenvalue weighted by atomic mass is 16.1. The smallest absolute Gasteiger partial charge is 0.227 e. The molecule has 3 heteroatoms. The van der Waals surface area contributed by atoms with Crippen LogP contribution in [0.3, 0.4) is 0 Å². The second-order valence-electron chi connectivity index (χ2n) is 5.47. The van der Waals surface area contributed by atoms with Gasteiger partial charge in [-0.25, -0.2) is 0 Å². The van der Waals surface area contributed by atoms with Crippen molar-refractivity contribution in [3.8, 4) is 0 Å². The zero-order chi connectivity index (χ0) is 13.7. The van der Waals surface area contributed by atoms with Gasteiger partial charge in [0.15, 0.2) is 0 Å². The molecule has 1 fully saturated rings. The van der Waals surface area contributed by atoms with Crippen LogP contribution in [0.25, 0.3) is 0 Å². The zero-order valence-electron chi connectivity index (χ0n) is 11.7. The molecule has 1 amide bonds. The number of benzene rings is 1. The lowest BCUT2D eigenvalue weighted by atomic mass is 9.95. The van der Waals surface area contributed by atoms with Crippen LogP contribution in [-0.4, -0.2) is 12.5 Å². The first kappa shape index (κ1) is 14.1. The molecule has 19 heavy (non-hydrogen) atoms. The Kier molecular flexibility index (Phi) is 4.97. The first-order valence-electron chi connectivity index (χ1n) is 7.34. The Bertz CT molecular complexity index is 413. The van der Waals surface area contributed by atoms with Crippen molar-refractivity contribution in [3.63, 3.8) is 0 Å². The van der Waals surface area contributed by atoms with E-state index in [1.807, 2.05) is 12.1 Å². The Morgan fingerprint density at radius 2 is 2.05 bits per heavy atom. The normalized spacial score (nSPS) is 22.4. The Labute approximate surface area is 115 Å². The van der Waals surface area contributed by atoms with E-state index in [9.17, 15) is 4.79 Å². The molecule has 2 unspecified atom stereocenters. The van der Waals surface area contributed by atoms with Gasteiger partial charge in [-0.1, -0.05) is 31.9 Å². The predicted octanol–water partition coefficient (Wildman–Crippen LogP) is 2.95. The summed E-state index contributed by atoms with van der Waals surface area (Å²) in [6.45, 7) is 2.79. The minimum atomic E-state index is 0.0975. The molecular formula is C16H24N2O. The van der Waals surface area contributed by atoms with Crippen LogP contribution in [0.5, 0.6) is 0 Å². The van der Waals surface area contributed by atoms with Crippen molar-refractivity contribution in [1.82, 2.24) is 0 Å². The lowest BCUT2D eigenvalue weighted by Gasteiger charge is -2.17. The molecule has 104 valence electrons. The third kappa shape index (κ3) is 3.57. The average Bonchev–Trinajstić information content (AvgIpc) is 2.90. The van der Waals surface area contributed by atoms with Gasteiger partial charge in [-0.05, 0) is 49.4 Å². The quantitative estimate of drug-likeness (QED) is 0.855. The van der Waals surface area contributed by atoms with E-state index in [0.29, 0.717) is 12.5 Å². The van der Waals surface area contributed by atoms with Gasteiger partial charge in [0, 0.05) is 11.6 Å². The van der Waals surface area contributed by atoms with Crippen LogP contribution in [0.15, 0.2) is 24.3 Å². The molecule has 3 nitrogen and oxygen atoms in total. The van der Waals surface area contributed by atoms with Crippen molar-refractivity contribution < 1.29 is 4.79 Å². The first-order chi connectivity index (χ1) is 9.24. The monoisotopic (exact) mass is 260 g/mol. The summed E-state index contributed by atoms with van der Waals surface area (Å²) < 4.78 is 0. The van der Waals surface area contributed by atoms with Crippen LogP contribution < -0.4 is 11.1 Å². The molecule has 1 saturated carbocycles. The summed E-state index contributed by atoms with van der Waals surface area (Å²) in [5, 5.41) is 3.02. The summed E-state index contributed by atoms with van der Waals surface area (Å²) in [6.07, 6.45) is 5.42. The molecule has 1 aliphatic carbocycles. The number of hydrogen-bond donors (Lipinski definition) is 2. The second-order valence-corrected chi connectivity index (χ2v) is 5.47. The van der Waals surface area contributed by atoms with Crippen molar-refractivity contribution in [1.29, 1.82) is 0 Å². The molecule has 2 rings (SSSR count). The fourth-order valence-electron chi connectivity index (χ4n) is 2.94. The number of nitrogens with two attached hydrogens (primary N) is 1. The van der Waals surface area contributed by atoms with Crippen molar-refractivity contribution in [2.45, 2.75) is 39.0 Å². The van der Waals surface area contributed by atoms with Crippen molar-refractivity contribution >= 4 is 11.6 Å². The second kappa shape index (κ2) is 6.71. The third-order valence-corrected chi connectivity index (χ3v) is 4.06. The fraction of sp³-hybridized carbons (Fsp3) is 0.562. The minimum absolute atomic E-state index is 0.0975. The van der Waals surface area contributed by atoms with Gasteiger partial charge in [0.05, 0.1) is 0 Å². The first-order valence-corrected chi connectivity index (χ1v) is 7.34. The molecule has 1 aromatic rings. The number of rotatable bonds is 5. The van der Waals surface area contributed by atoms with E-state index in [-0.39, 0.29) is 11.8 Å². The maximum atomic E-state index is 12.2. The third-order valence-electron chi connectivity index (χ3n) is 4.06. The molecule has 3 N–H and O–H groups in total. The van der Waals surface area contributed by atoms with E-state index in [1.165, 1.54) is 5.56 Å². The van der Waals surface area contributed by atoms with Crippen LogP contribution in [-0.2, 0) is 11.2 Å². The molecule has 0 saturated heterocycles. The topological polar surface area (TPSA) is 55.1 Å². The fourth-order valence-corrected chi connectivity index (χ4v) is 2.94. The Morgan fingerprint density at radius 3 is 2.68 bits per heavy atom. The van der Waals surface area contributed by atoms with Gasteiger partial charge < -0.3 is 11.1 Å². The van der Waals surface area contributed by atoms with E-state index < -0.39 is 0 Å². The van der Waals surface area contributed by atoms with Gasteiger partial charge in [-0.3, -0.25) is 4.79 Å². The predicted molar refractivity (Wildman–Crippen MR) is 79.0 cm³/mol. The van der Waals surface area contributed by atoms with Crippen LogP contribution in [0, 0.1) is 11.8 Å². The van der Waals surface area contributed by atoms with Crippen LogP contribution in [0.1, 0.15) is 38.2 Å². The van der Waals surface area contributed by atoms with E-state index in [4.69, 9.17) is 5.73 Å².